The molecule has 0 unspecified atom stereocenters. The Morgan fingerprint density at radius 2 is 1.48 bits per heavy atom. The van der Waals surface area contributed by atoms with Gasteiger partial charge < -0.3 is 10.2 Å². The van der Waals surface area contributed by atoms with E-state index in [1.807, 2.05) is 0 Å². The summed E-state index contributed by atoms with van der Waals surface area (Å²) in [4.78, 5) is 23.3. The van der Waals surface area contributed by atoms with E-state index in [1.54, 1.807) is 0 Å². The number of aliphatic carboxylic acids is 2. The summed E-state index contributed by atoms with van der Waals surface area (Å²) in [6.45, 7) is 6.71. The molecule has 2 aromatic rings. The summed E-state index contributed by atoms with van der Waals surface area (Å²) in [7, 11) is 2.27. The van der Waals surface area contributed by atoms with E-state index >= 15 is 0 Å². The molecular formula is C23H30N2O4. The smallest absolute Gasteiger partial charge is 0.414 e. The Hall–Kier alpha value is -2.70. The molecule has 2 aromatic carbocycles. The number of likely N-dealkylation sites (tertiary alicyclic amines) is 1. The van der Waals surface area contributed by atoms with Gasteiger partial charge in [-0.25, -0.2) is 9.59 Å². The van der Waals surface area contributed by atoms with Crippen LogP contribution in [0.3, 0.4) is 0 Å². The molecule has 0 aliphatic carbocycles. The fourth-order valence-corrected chi connectivity index (χ4v) is 3.47. The SMILES string of the molecule is Cc1ccc(CN2CCC(N(C)Cc3ccccc3)CC2)cc1.O=C(O)C(=O)O. The first kappa shape index (κ1) is 22.6. The molecule has 0 atom stereocenters. The zero-order valence-corrected chi connectivity index (χ0v) is 17.1. The van der Waals surface area contributed by atoms with E-state index < -0.39 is 11.9 Å². The predicted octanol–water partition coefficient (Wildman–Crippen LogP) is 3.25. The van der Waals surface area contributed by atoms with Crippen LogP contribution in [0, 0.1) is 6.92 Å². The highest BCUT2D eigenvalue weighted by Crippen LogP contribution is 2.19. The molecule has 0 bridgehead atoms. The maximum Gasteiger partial charge on any atom is 0.414 e. The van der Waals surface area contributed by atoms with Crippen LogP contribution in [0.4, 0.5) is 0 Å². The molecule has 2 N–H and O–H groups in total. The van der Waals surface area contributed by atoms with Gasteiger partial charge in [0.15, 0.2) is 0 Å². The normalized spacial score (nSPS) is 14.9. The van der Waals surface area contributed by atoms with Crippen molar-refractivity contribution in [2.75, 3.05) is 20.1 Å². The standard InChI is InChI=1S/C21H28N2.C2H2O4/c1-18-8-10-20(11-9-18)17-23-14-12-21(13-15-23)22(2)16-19-6-4-3-5-7-19;3-1(4)2(5)6/h3-11,21H,12-17H2,1-2H3;(H,3,4)(H,5,6). The molecule has 1 saturated heterocycles. The van der Waals surface area contributed by atoms with Crippen molar-refractivity contribution >= 4 is 11.9 Å². The van der Waals surface area contributed by atoms with Crippen LogP contribution in [0.15, 0.2) is 54.6 Å². The molecule has 1 fully saturated rings. The van der Waals surface area contributed by atoms with Crippen molar-refractivity contribution < 1.29 is 19.8 Å². The molecule has 0 amide bonds. The first-order valence-corrected chi connectivity index (χ1v) is 9.83. The number of hydrogen-bond acceptors (Lipinski definition) is 4. The molecule has 3 rings (SSSR count). The third-order valence-corrected chi connectivity index (χ3v) is 5.16. The average molecular weight is 399 g/mol. The summed E-state index contributed by atoms with van der Waals surface area (Å²) >= 11 is 0. The van der Waals surface area contributed by atoms with Gasteiger partial charge in [-0.2, -0.15) is 0 Å². The van der Waals surface area contributed by atoms with Gasteiger partial charge in [0.25, 0.3) is 0 Å². The minimum atomic E-state index is -1.82. The highest BCUT2D eigenvalue weighted by molar-refractivity contribution is 6.27. The van der Waals surface area contributed by atoms with Crippen LogP contribution in [0.2, 0.25) is 0 Å². The average Bonchev–Trinajstić information content (AvgIpc) is 2.71. The summed E-state index contributed by atoms with van der Waals surface area (Å²) in [6.07, 6.45) is 2.55. The number of carboxylic acid groups (broad SMARTS) is 2. The van der Waals surface area contributed by atoms with E-state index in [0.717, 1.165) is 13.1 Å². The minimum Gasteiger partial charge on any atom is -0.473 e. The fourth-order valence-electron chi connectivity index (χ4n) is 3.47. The lowest BCUT2D eigenvalue weighted by atomic mass is 10.0. The second kappa shape index (κ2) is 11.3. The third kappa shape index (κ3) is 8.05. The maximum atomic E-state index is 9.10. The monoisotopic (exact) mass is 398 g/mol. The van der Waals surface area contributed by atoms with E-state index in [1.165, 1.54) is 42.6 Å². The number of aryl methyl sites for hydroxylation is 1. The molecule has 6 heteroatoms. The Morgan fingerprint density at radius 3 is 2.00 bits per heavy atom. The highest BCUT2D eigenvalue weighted by atomic mass is 16.4. The Kier molecular flexibility index (Phi) is 8.83. The zero-order chi connectivity index (χ0) is 21.2. The Bertz CT molecular complexity index is 757. The lowest BCUT2D eigenvalue weighted by Gasteiger charge is -2.36. The van der Waals surface area contributed by atoms with Crippen LogP contribution in [0.5, 0.6) is 0 Å². The van der Waals surface area contributed by atoms with Crippen molar-refractivity contribution in [2.45, 2.75) is 38.9 Å². The Morgan fingerprint density at radius 1 is 0.931 bits per heavy atom. The predicted molar refractivity (Wildman–Crippen MR) is 113 cm³/mol. The van der Waals surface area contributed by atoms with Crippen LogP contribution in [-0.4, -0.2) is 58.1 Å². The molecule has 1 aliphatic rings. The molecule has 0 aromatic heterocycles. The lowest BCUT2D eigenvalue weighted by molar-refractivity contribution is -0.159. The van der Waals surface area contributed by atoms with Crippen LogP contribution in [0.1, 0.15) is 29.5 Å². The number of carboxylic acids is 2. The Balaban J connectivity index is 0.000000438. The summed E-state index contributed by atoms with van der Waals surface area (Å²) < 4.78 is 0. The van der Waals surface area contributed by atoms with Gasteiger partial charge in [0.05, 0.1) is 0 Å². The molecular weight excluding hydrogens is 368 g/mol. The van der Waals surface area contributed by atoms with E-state index in [-0.39, 0.29) is 0 Å². The van der Waals surface area contributed by atoms with E-state index in [9.17, 15) is 0 Å². The van der Waals surface area contributed by atoms with Gasteiger partial charge in [-0.1, -0.05) is 60.2 Å². The van der Waals surface area contributed by atoms with Gasteiger partial charge in [0, 0.05) is 19.1 Å². The van der Waals surface area contributed by atoms with Gasteiger partial charge in [-0.05, 0) is 51.0 Å². The lowest BCUT2D eigenvalue weighted by Crippen LogP contribution is -2.42. The molecule has 0 saturated carbocycles. The summed E-state index contributed by atoms with van der Waals surface area (Å²) in [5, 5.41) is 14.8. The molecule has 6 nitrogen and oxygen atoms in total. The second-order valence-electron chi connectivity index (χ2n) is 7.50. The number of nitrogens with zero attached hydrogens (tertiary/aromatic N) is 2. The molecule has 0 spiro atoms. The largest absolute Gasteiger partial charge is 0.473 e. The van der Waals surface area contributed by atoms with Gasteiger partial charge in [0.1, 0.15) is 0 Å². The number of hydrogen-bond donors (Lipinski definition) is 2. The number of rotatable bonds is 5. The third-order valence-electron chi connectivity index (χ3n) is 5.16. The summed E-state index contributed by atoms with van der Waals surface area (Å²) in [5.41, 5.74) is 4.19. The molecule has 0 radical (unpaired) electrons. The number of piperidine rings is 1. The Labute approximate surface area is 172 Å². The zero-order valence-electron chi connectivity index (χ0n) is 17.1. The summed E-state index contributed by atoms with van der Waals surface area (Å²) in [5.74, 6) is -3.65. The molecule has 156 valence electrons. The minimum absolute atomic E-state index is 0.712. The summed E-state index contributed by atoms with van der Waals surface area (Å²) in [6, 6.07) is 20.5. The van der Waals surface area contributed by atoms with E-state index in [2.05, 4.69) is 78.4 Å². The first-order valence-electron chi connectivity index (χ1n) is 9.83. The van der Waals surface area contributed by atoms with Crippen LogP contribution < -0.4 is 0 Å². The van der Waals surface area contributed by atoms with Crippen molar-refractivity contribution in [2.24, 2.45) is 0 Å². The van der Waals surface area contributed by atoms with E-state index in [4.69, 9.17) is 19.8 Å². The van der Waals surface area contributed by atoms with Crippen molar-refractivity contribution in [3.63, 3.8) is 0 Å². The van der Waals surface area contributed by atoms with Crippen LogP contribution >= 0.6 is 0 Å². The van der Waals surface area contributed by atoms with Crippen molar-refractivity contribution in [3.05, 3.63) is 71.3 Å². The van der Waals surface area contributed by atoms with Crippen LogP contribution in [0.25, 0.3) is 0 Å². The topological polar surface area (TPSA) is 81.1 Å². The maximum absolute atomic E-state index is 9.10. The molecule has 1 aliphatic heterocycles. The quantitative estimate of drug-likeness (QED) is 0.753. The molecule has 1 heterocycles. The van der Waals surface area contributed by atoms with Gasteiger partial charge in [0.2, 0.25) is 0 Å². The first-order chi connectivity index (χ1) is 13.8. The van der Waals surface area contributed by atoms with Gasteiger partial charge in [-0.3, -0.25) is 9.80 Å². The van der Waals surface area contributed by atoms with Gasteiger partial charge in [-0.15, -0.1) is 0 Å². The van der Waals surface area contributed by atoms with Crippen molar-refractivity contribution in [1.29, 1.82) is 0 Å². The highest BCUT2D eigenvalue weighted by Gasteiger charge is 2.22. The van der Waals surface area contributed by atoms with E-state index in [0.29, 0.717) is 6.04 Å². The van der Waals surface area contributed by atoms with Crippen molar-refractivity contribution in [1.82, 2.24) is 9.80 Å². The van der Waals surface area contributed by atoms with Gasteiger partial charge >= 0.3 is 11.9 Å². The van der Waals surface area contributed by atoms with Crippen LogP contribution in [-0.2, 0) is 22.7 Å². The molecule has 29 heavy (non-hydrogen) atoms. The number of carbonyl (C=O) groups is 2. The number of benzene rings is 2. The fraction of sp³-hybridized carbons (Fsp3) is 0.391. The second-order valence-corrected chi connectivity index (χ2v) is 7.50. The van der Waals surface area contributed by atoms with Crippen molar-refractivity contribution in [3.8, 4) is 0 Å².